The number of halogens is 1. The Labute approximate surface area is 89.7 Å². The number of pyridine rings is 1. The summed E-state index contributed by atoms with van der Waals surface area (Å²) in [4.78, 5) is 4.24. The van der Waals surface area contributed by atoms with Gasteiger partial charge in [-0.3, -0.25) is 0 Å². The lowest BCUT2D eigenvalue weighted by atomic mass is 10.0. The predicted molar refractivity (Wildman–Crippen MR) is 59.7 cm³/mol. The van der Waals surface area contributed by atoms with E-state index in [1.807, 2.05) is 12.1 Å². The van der Waals surface area contributed by atoms with Gasteiger partial charge in [0, 0.05) is 11.7 Å². The first-order chi connectivity index (χ1) is 6.70. The van der Waals surface area contributed by atoms with Crippen molar-refractivity contribution in [3.63, 3.8) is 0 Å². The maximum Gasteiger partial charge on any atom is 0.145 e. The summed E-state index contributed by atoms with van der Waals surface area (Å²) in [5, 5.41) is 4.15. The zero-order valence-electron chi connectivity index (χ0n) is 8.39. The molecule has 3 heteroatoms. The van der Waals surface area contributed by atoms with Gasteiger partial charge >= 0.3 is 0 Å². The second-order valence-electron chi connectivity index (χ2n) is 4.23. The Bertz CT molecular complexity index is 319. The lowest BCUT2D eigenvalue weighted by Crippen LogP contribution is -2.31. The minimum atomic E-state index is 0.192. The molecule has 0 radical (unpaired) electrons. The Morgan fingerprint density at radius 3 is 2.79 bits per heavy atom. The van der Waals surface area contributed by atoms with Gasteiger partial charge in [-0.25, -0.2) is 4.98 Å². The average Bonchev–Trinajstić information content (AvgIpc) is 2.57. The zero-order valence-corrected chi connectivity index (χ0v) is 9.14. The van der Waals surface area contributed by atoms with Gasteiger partial charge in [0.2, 0.25) is 0 Å². The number of hydrogen-bond donors (Lipinski definition) is 1. The van der Waals surface area contributed by atoms with Gasteiger partial charge in [-0.15, -0.1) is 0 Å². The number of hydrogen-bond acceptors (Lipinski definition) is 2. The molecule has 0 bridgehead atoms. The fourth-order valence-electron chi connectivity index (χ4n) is 2.04. The van der Waals surface area contributed by atoms with Crippen molar-refractivity contribution < 1.29 is 0 Å². The van der Waals surface area contributed by atoms with Crippen molar-refractivity contribution in [1.82, 2.24) is 4.98 Å². The minimum Gasteiger partial charge on any atom is -0.364 e. The summed E-state index contributed by atoms with van der Waals surface area (Å²) in [5.41, 5.74) is 0.192. The van der Waals surface area contributed by atoms with Gasteiger partial charge in [0.25, 0.3) is 0 Å². The van der Waals surface area contributed by atoms with Crippen LogP contribution in [0.15, 0.2) is 18.3 Å². The quantitative estimate of drug-likeness (QED) is 0.809. The molecule has 1 N–H and O–H groups in total. The minimum absolute atomic E-state index is 0.192. The molecule has 0 unspecified atom stereocenters. The van der Waals surface area contributed by atoms with Gasteiger partial charge in [-0.1, -0.05) is 24.4 Å². The molecule has 1 aliphatic carbocycles. The molecular weight excluding hydrogens is 196 g/mol. The maximum atomic E-state index is 6.04. The lowest BCUT2D eigenvalue weighted by molar-refractivity contribution is 0.531. The monoisotopic (exact) mass is 210 g/mol. The predicted octanol–water partition coefficient (Wildman–Crippen LogP) is 3.48. The Morgan fingerprint density at radius 2 is 2.14 bits per heavy atom. The van der Waals surface area contributed by atoms with E-state index in [0.717, 1.165) is 5.82 Å². The van der Waals surface area contributed by atoms with Crippen molar-refractivity contribution >= 4 is 17.4 Å². The molecule has 1 aromatic heterocycles. The number of nitrogens with zero attached hydrogens (tertiary/aromatic N) is 1. The van der Waals surface area contributed by atoms with Crippen LogP contribution in [0.3, 0.4) is 0 Å². The molecule has 0 aliphatic heterocycles. The normalized spacial score (nSPS) is 19.6. The molecule has 1 saturated carbocycles. The molecule has 0 spiro atoms. The first kappa shape index (κ1) is 9.78. The number of aromatic nitrogens is 1. The van der Waals surface area contributed by atoms with E-state index in [0.29, 0.717) is 5.02 Å². The highest BCUT2D eigenvalue weighted by atomic mass is 35.5. The van der Waals surface area contributed by atoms with E-state index in [2.05, 4.69) is 17.2 Å². The van der Waals surface area contributed by atoms with E-state index < -0.39 is 0 Å². The summed E-state index contributed by atoms with van der Waals surface area (Å²) >= 11 is 6.04. The van der Waals surface area contributed by atoms with Gasteiger partial charge < -0.3 is 5.32 Å². The first-order valence-electron chi connectivity index (χ1n) is 5.08. The average molecular weight is 211 g/mol. The fraction of sp³-hybridized carbons (Fsp3) is 0.545. The van der Waals surface area contributed by atoms with E-state index >= 15 is 0 Å². The topological polar surface area (TPSA) is 24.9 Å². The van der Waals surface area contributed by atoms with E-state index in [1.165, 1.54) is 25.7 Å². The summed E-state index contributed by atoms with van der Waals surface area (Å²) < 4.78 is 0. The molecular formula is C11H15ClN2. The highest BCUT2D eigenvalue weighted by molar-refractivity contribution is 6.32. The molecule has 0 amide bonds. The number of rotatable bonds is 2. The van der Waals surface area contributed by atoms with Crippen molar-refractivity contribution in [3.8, 4) is 0 Å². The van der Waals surface area contributed by atoms with Crippen LogP contribution in [-0.4, -0.2) is 10.5 Å². The third-order valence-electron chi connectivity index (χ3n) is 2.89. The molecule has 1 heterocycles. The summed E-state index contributed by atoms with van der Waals surface area (Å²) in [6.07, 6.45) is 6.79. The summed E-state index contributed by atoms with van der Waals surface area (Å²) in [6, 6.07) is 3.72. The molecule has 1 aliphatic rings. The highest BCUT2D eigenvalue weighted by Gasteiger charge is 2.28. The molecule has 0 aromatic carbocycles. The molecule has 0 atom stereocenters. The van der Waals surface area contributed by atoms with E-state index in [9.17, 15) is 0 Å². The van der Waals surface area contributed by atoms with Crippen LogP contribution in [-0.2, 0) is 0 Å². The summed E-state index contributed by atoms with van der Waals surface area (Å²) in [5.74, 6) is 0.818. The third-order valence-corrected chi connectivity index (χ3v) is 3.19. The summed E-state index contributed by atoms with van der Waals surface area (Å²) in [6.45, 7) is 2.24. The molecule has 1 fully saturated rings. The van der Waals surface area contributed by atoms with Crippen LogP contribution in [0, 0.1) is 0 Å². The van der Waals surface area contributed by atoms with Crippen molar-refractivity contribution in [3.05, 3.63) is 23.4 Å². The lowest BCUT2D eigenvalue weighted by Gasteiger charge is -2.26. The van der Waals surface area contributed by atoms with Crippen molar-refractivity contribution in [2.24, 2.45) is 0 Å². The van der Waals surface area contributed by atoms with Gasteiger partial charge in [0.05, 0.1) is 5.02 Å². The van der Waals surface area contributed by atoms with E-state index in [4.69, 9.17) is 11.6 Å². The van der Waals surface area contributed by atoms with Gasteiger partial charge in [-0.05, 0) is 31.9 Å². The highest BCUT2D eigenvalue weighted by Crippen LogP contribution is 2.33. The van der Waals surface area contributed by atoms with Crippen LogP contribution in [0.2, 0.25) is 5.02 Å². The largest absolute Gasteiger partial charge is 0.364 e. The second-order valence-corrected chi connectivity index (χ2v) is 4.63. The maximum absolute atomic E-state index is 6.04. The molecule has 2 rings (SSSR count). The van der Waals surface area contributed by atoms with Gasteiger partial charge in [0.15, 0.2) is 0 Å². The van der Waals surface area contributed by atoms with Crippen LogP contribution in [0.25, 0.3) is 0 Å². The van der Waals surface area contributed by atoms with Crippen molar-refractivity contribution in [1.29, 1.82) is 0 Å². The number of nitrogens with one attached hydrogen (secondary N) is 1. The van der Waals surface area contributed by atoms with Crippen LogP contribution in [0.5, 0.6) is 0 Å². The van der Waals surface area contributed by atoms with Crippen molar-refractivity contribution in [2.75, 3.05) is 5.32 Å². The Hall–Kier alpha value is -0.760. The van der Waals surface area contributed by atoms with Crippen LogP contribution in [0.4, 0.5) is 5.82 Å². The SMILES string of the molecule is CC1(Nc2ncccc2Cl)CCCC1. The number of anilines is 1. The second kappa shape index (κ2) is 3.77. The van der Waals surface area contributed by atoms with Gasteiger partial charge in [0.1, 0.15) is 5.82 Å². The van der Waals surface area contributed by atoms with Crippen LogP contribution in [0.1, 0.15) is 32.6 Å². The van der Waals surface area contributed by atoms with Crippen LogP contribution < -0.4 is 5.32 Å². The Morgan fingerprint density at radius 1 is 1.43 bits per heavy atom. The molecule has 76 valence electrons. The first-order valence-corrected chi connectivity index (χ1v) is 5.46. The standard InChI is InChI=1S/C11H15ClN2/c1-11(6-2-3-7-11)14-10-9(12)5-4-8-13-10/h4-5,8H,2-3,6-7H2,1H3,(H,13,14). The summed E-state index contributed by atoms with van der Waals surface area (Å²) in [7, 11) is 0. The molecule has 1 aromatic rings. The van der Waals surface area contributed by atoms with Crippen molar-refractivity contribution in [2.45, 2.75) is 38.1 Å². The van der Waals surface area contributed by atoms with Crippen LogP contribution >= 0.6 is 11.6 Å². The van der Waals surface area contributed by atoms with Gasteiger partial charge in [-0.2, -0.15) is 0 Å². The smallest absolute Gasteiger partial charge is 0.145 e. The zero-order chi connectivity index (χ0) is 10.0. The molecule has 14 heavy (non-hydrogen) atoms. The molecule has 2 nitrogen and oxygen atoms in total. The Balaban J connectivity index is 2.14. The third kappa shape index (κ3) is 2.01. The van der Waals surface area contributed by atoms with E-state index in [-0.39, 0.29) is 5.54 Å². The van der Waals surface area contributed by atoms with E-state index in [1.54, 1.807) is 6.20 Å². The fourth-order valence-corrected chi connectivity index (χ4v) is 2.21. The molecule has 0 saturated heterocycles. The Kier molecular flexibility index (Phi) is 2.64.